The maximum absolute atomic E-state index is 11.4. The van der Waals surface area contributed by atoms with Crippen LogP contribution >= 0.6 is 11.8 Å². The average molecular weight is 374 g/mol. The molecule has 0 heterocycles. The molecule has 3 aromatic rings. The standard InChI is InChI=1S/C24H23NOS/c1-19(23(25)26)17-18-27-24(20-11-5-2-6-12-20,21-13-7-3-8-14-21)22-15-9-4-10-16-22/h2-16H,1,17-18H2,(H2,25,26). The van der Waals surface area contributed by atoms with Gasteiger partial charge in [0.25, 0.3) is 0 Å². The van der Waals surface area contributed by atoms with Crippen LogP contribution in [0.25, 0.3) is 0 Å². The fraction of sp³-hybridized carbons (Fsp3) is 0.125. The summed E-state index contributed by atoms with van der Waals surface area (Å²) in [6.07, 6.45) is 0.564. The topological polar surface area (TPSA) is 43.1 Å². The number of amides is 1. The fourth-order valence-corrected chi connectivity index (χ4v) is 4.78. The van der Waals surface area contributed by atoms with E-state index in [2.05, 4.69) is 79.4 Å². The van der Waals surface area contributed by atoms with Crippen molar-refractivity contribution in [1.82, 2.24) is 0 Å². The Kier molecular flexibility index (Phi) is 6.15. The second-order valence-electron chi connectivity index (χ2n) is 6.35. The first-order chi connectivity index (χ1) is 13.1. The summed E-state index contributed by atoms with van der Waals surface area (Å²) in [7, 11) is 0. The molecule has 0 radical (unpaired) electrons. The van der Waals surface area contributed by atoms with E-state index in [1.54, 1.807) is 11.8 Å². The number of carbonyl (C=O) groups excluding carboxylic acids is 1. The lowest BCUT2D eigenvalue weighted by Crippen LogP contribution is -2.26. The van der Waals surface area contributed by atoms with Crippen molar-refractivity contribution in [3.05, 3.63) is 120 Å². The molecule has 0 aliphatic rings. The third-order valence-electron chi connectivity index (χ3n) is 4.61. The summed E-state index contributed by atoms with van der Waals surface area (Å²) < 4.78 is -0.373. The van der Waals surface area contributed by atoms with Crippen LogP contribution in [0, 0.1) is 0 Å². The molecule has 0 unspecified atom stereocenters. The van der Waals surface area contributed by atoms with Gasteiger partial charge in [-0.25, -0.2) is 0 Å². The summed E-state index contributed by atoms with van der Waals surface area (Å²) in [6.45, 7) is 3.80. The van der Waals surface area contributed by atoms with Gasteiger partial charge in [-0.05, 0) is 28.9 Å². The predicted molar refractivity (Wildman–Crippen MR) is 115 cm³/mol. The number of nitrogens with two attached hydrogens (primary N) is 1. The lowest BCUT2D eigenvalue weighted by Gasteiger charge is -2.35. The molecule has 0 aliphatic heterocycles. The zero-order chi connectivity index (χ0) is 19.1. The van der Waals surface area contributed by atoms with Crippen molar-refractivity contribution < 1.29 is 4.79 Å². The highest BCUT2D eigenvalue weighted by Crippen LogP contribution is 2.48. The summed E-state index contributed by atoms with van der Waals surface area (Å²) >= 11 is 1.81. The molecule has 2 N–H and O–H groups in total. The van der Waals surface area contributed by atoms with E-state index in [9.17, 15) is 4.79 Å². The largest absolute Gasteiger partial charge is 0.366 e. The van der Waals surface area contributed by atoms with Crippen molar-refractivity contribution in [3.63, 3.8) is 0 Å². The first-order valence-electron chi connectivity index (χ1n) is 8.92. The van der Waals surface area contributed by atoms with Crippen LogP contribution in [0.1, 0.15) is 23.1 Å². The number of thioether (sulfide) groups is 1. The molecule has 3 heteroatoms. The summed E-state index contributed by atoms with van der Waals surface area (Å²) in [5.41, 5.74) is 9.45. The second-order valence-corrected chi connectivity index (χ2v) is 7.65. The number of hydrogen-bond donors (Lipinski definition) is 1. The molecule has 27 heavy (non-hydrogen) atoms. The highest BCUT2D eigenvalue weighted by molar-refractivity contribution is 8.00. The van der Waals surface area contributed by atoms with Gasteiger partial charge in [0.2, 0.25) is 5.91 Å². The van der Waals surface area contributed by atoms with E-state index in [4.69, 9.17) is 5.73 Å². The molecule has 0 aromatic heterocycles. The van der Waals surface area contributed by atoms with Gasteiger partial charge in [-0.15, -0.1) is 11.8 Å². The molecule has 0 saturated carbocycles. The number of hydrogen-bond acceptors (Lipinski definition) is 2. The predicted octanol–water partition coefficient (Wildman–Crippen LogP) is 5.14. The van der Waals surface area contributed by atoms with Gasteiger partial charge in [0.05, 0.1) is 4.75 Å². The summed E-state index contributed by atoms with van der Waals surface area (Å²) in [6, 6.07) is 31.5. The molecule has 0 aliphatic carbocycles. The van der Waals surface area contributed by atoms with Crippen LogP contribution < -0.4 is 5.73 Å². The maximum atomic E-state index is 11.4. The van der Waals surface area contributed by atoms with Crippen molar-refractivity contribution in [2.45, 2.75) is 11.2 Å². The molecule has 136 valence electrons. The van der Waals surface area contributed by atoms with Crippen LogP contribution in [0.5, 0.6) is 0 Å². The monoisotopic (exact) mass is 373 g/mol. The zero-order valence-corrected chi connectivity index (χ0v) is 16.0. The third-order valence-corrected chi connectivity index (χ3v) is 6.16. The zero-order valence-electron chi connectivity index (χ0n) is 15.2. The van der Waals surface area contributed by atoms with E-state index in [0.29, 0.717) is 12.0 Å². The van der Waals surface area contributed by atoms with Gasteiger partial charge in [0.1, 0.15) is 0 Å². The van der Waals surface area contributed by atoms with Crippen LogP contribution in [0.2, 0.25) is 0 Å². The lowest BCUT2D eigenvalue weighted by atomic mass is 9.84. The molecule has 0 spiro atoms. The Bertz CT molecular complexity index is 795. The Morgan fingerprint density at radius 3 is 1.48 bits per heavy atom. The minimum absolute atomic E-state index is 0.373. The Labute approximate surface area is 165 Å². The first kappa shape index (κ1) is 19.0. The quantitative estimate of drug-likeness (QED) is 0.439. The van der Waals surface area contributed by atoms with Crippen LogP contribution in [-0.2, 0) is 9.54 Å². The SMILES string of the molecule is C=C(CCSC(c1ccccc1)(c1ccccc1)c1ccccc1)C(N)=O. The minimum atomic E-state index is -0.430. The molecule has 0 saturated heterocycles. The minimum Gasteiger partial charge on any atom is -0.366 e. The Morgan fingerprint density at radius 2 is 1.15 bits per heavy atom. The van der Waals surface area contributed by atoms with E-state index in [1.165, 1.54) is 16.7 Å². The van der Waals surface area contributed by atoms with Gasteiger partial charge in [-0.2, -0.15) is 0 Å². The Morgan fingerprint density at radius 1 is 0.778 bits per heavy atom. The van der Waals surface area contributed by atoms with Crippen LogP contribution in [0.3, 0.4) is 0 Å². The smallest absolute Gasteiger partial charge is 0.244 e. The van der Waals surface area contributed by atoms with E-state index in [-0.39, 0.29) is 4.75 Å². The molecular weight excluding hydrogens is 350 g/mol. The maximum Gasteiger partial charge on any atom is 0.244 e. The lowest BCUT2D eigenvalue weighted by molar-refractivity contribution is -0.114. The van der Waals surface area contributed by atoms with Gasteiger partial charge in [0, 0.05) is 5.57 Å². The number of primary amides is 1. The second kappa shape index (κ2) is 8.74. The van der Waals surface area contributed by atoms with E-state index in [1.807, 2.05) is 18.2 Å². The van der Waals surface area contributed by atoms with E-state index < -0.39 is 5.91 Å². The average Bonchev–Trinajstić information content (AvgIpc) is 2.73. The van der Waals surface area contributed by atoms with Crippen LogP contribution in [0.15, 0.2) is 103 Å². The van der Waals surface area contributed by atoms with Gasteiger partial charge in [0.15, 0.2) is 0 Å². The number of benzene rings is 3. The van der Waals surface area contributed by atoms with E-state index in [0.717, 1.165) is 5.75 Å². The van der Waals surface area contributed by atoms with Gasteiger partial charge < -0.3 is 5.73 Å². The summed E-state index contributed by atoms with van der Waals surface area (Å²) in [5, 5.41) is 0. The van der Waals surface area contributed by atoms with Gasteiger partial charge >= 0.3 is 0 Å². The highest BCUT2D eigenvalue weighted by atomic mass is 32.2. The van der Waals surface area contributed by atoms with Crippen molar-refractivity contribution >= 4 is 17.7 Å². The van der Waals surface area contributed by atoms with Crippen molar-refractivity contribution in [2.24, 2.45) is 5.73 Å². The van der Waals surface area contributed by atoms with Crippen LogP contribution in [-0.4, -0.2) is 11.7 Å². The van der Waals surface area contributed by atoms with E-state index >= 15 is 0 Å². The number of rotatable bonds is 8. The Balaban J connectivity index is 2.11. The van der Waals surface area contributed by atoms with Gasteiger partial charge in [-0.3, -0.25) is 4.79 Å². The first-order valence-corrected chi connectivity index (χ1v) is 9.91. The molecule has 0 bridgehead atoms. The van der Waals surface area contributed by atoms with Crippen LogP contribution in [0.4, 0.5) is 0 Å². The molecule has 3 aromatic carbocycles. The highest BCUT2D eigenvalue weighted by Gasteiger charge is 2.36. The van der Waals surface area contributed by atoms with Crippen molar-refractivity contribution in [1.29, 1.82) is 0 Å². The molecular formula is C24H23NOS. The van der Waals surface area contributed by atoms with Gasteiger partial charge in [-0.1, -0.05) is 97.6 Å². The molecule has 3 rings (SSSR count). The van der Waals surface area contributed by atoms with Crippen molar-refractivity contribution in [2.75, 3.05) is 5.75 Å². The molecule has 2 nitrogen and oxygen atoms in total. The summed E-state index contributed by atoms with van der Waals surface area (Å²) in [5.74, 6) is 0.306. The molecule has 1 amide bonds. The molecule has 0 atom stereocenters. The third kappa shape index (κ3) is 4.15. The Hall–Kier alpha value is -2.78. The molecule has 0 fully saturated rings. The van der Waals surface area contributed by atoms with Crippen molar-refractivity contribution in [3.8, 4) is 0 Å². The normalized spacial score (nSPS) is 11.1. The number of carbonyl (C=O) groups is 1. The summed E-state index contributed by atoms with van der Waals surface area (Å²) in [4.78, 5) is 11.4. The fourth-order valence-electron chi connectivity index (χ4n) is 3.22.